The topological polar surface area (TPSA) is 77.0 Å². The normalized spacial score (nSPS) is 33.8. The highest BCUT2D eigenvalue weighted by Gasteiger charge is 2.69. The summed E-state index contributed by atoms with van der Waals surface area (Å²) in [6, 6.07) is 6.08. The van der Waals surface area contributed by atoms with Crippen molar-refractivity contribution in [2.45, 2.75) is 115 Å². The van der Waals surface area contributed by atoms with Gasteiger partial charge >= 0.3 is 13.1 Å². The SMILES string of the molecule is CC(C)(C)OC(=O)C1CCC2(O)C(C)(C)Nc3ccc(B4OC(C)(C)C(C)(C)O4)cc3C12C. The lowest BCUT2D eigenvalue weighted by Crippen LogP contribution is -2.68. The molecule has 0 radical (unpaired) electrons. The molecular weight excluding hydrogens is 417 g/mol. The fraction of sp³-hybridized carbons (Fsp3) is 0.731. The molecule has 3 aliphatic rings. The molecular formula is C26H40BNO5. The fourth-order valence-electron chi connectivity index (χ4n) is 5.95. The van der Waals surface area contributed by atoms with Crippen molar-refractivity contribution in [3.63, 3.8) is 0 Å². The molecule has 182 valence electrons. The van der Waals surface area contributed by atoms with Crippen LogP contribution in [0.15, 0.2) is 18.2 Å². The molecule has 0 spiro atoms. The van der Waals surface area contributed by atoms with Crippen LogP contribution in [-0.2, 0) is 24.3 Å². The summed E-state index contributed by atoms with van der Waals surface area (Å²) in [5.41, 5.74) is -1.39. The Morgan fingerprint density at radius 2 is 1.67 bits per heavy atom. The summed E-state index contributed by atoms with van der Waals surface area (Å²) in [6.45, 7) is 19.8. The molecule has 3 atom stereocenters. The number of anilines is 1. The summed E-state index contributed by atoms with van der Waals surface area (Å²) in [6.07, 6.45) is 1.07. The molecule has 0 bridgehead atoms. The number of carbonyl (C=O) groups is 1. The second-order valence-electron chi connectivity index (χ2n) is 12.8. The maximum absolute atomic E-state index is 13.4. The van der Waals surface area contributed by atoms with E-state index in [2.05, 4.69) is 5.32 Å². The van der Waals surface area contributed by atoms with E-state index in [0.717, 1.165) is 16.7 Å². The van der Waals surface area contributed by atoms with Crippen molar-refractivity contribution in [1.82, 2.24) is 0 Å². The summed E-state index contributed by atoms with van der Waals surface area (Å²) in [4.78, 5) is 13.4. The van der Waals surface area contributed by atoms with E-state index >= 15 is 0 Å². The molecule has 33 heavy (non-hydrogen) atoms. The number of rotatable bonds is 2. The zero-order valence-corrected chi connectivity index (χ0v) is 21.9. The van der Waals surface area contributed by atoms with Crippen LogP contribution in [0, 0.1) is 5.92 Å². The summed E-state index contributed by atoms with van der Waals surface area (Å²) in [7, 11) is -0.520. The number of hydrogen-bond acceptors (Lipinski definition) is 6. The maximum Gasteiger partial charge on any atom is 0.494 e. The minimum atomic E-state index is -1.14. The third kappa shape index (κ3) is 3.45. The van der Waals surface area contributed by atoms with Gasteiger partial charge < -0.3 is 24.5 Å². The van der Waals surface area contributed by atoms with Gasteiger partial charge in [0.1, 0.15) is 5.60 Å². The van der Waals surface area contributed by atoms with Crippen molar-refractivity contribution in [1.29, 1.82) is 0 Å². The molecule has 2 heterocycles. The van der Waals surface area contributed by atoms with Crippen LogP contribution in [-0.4, -0.2) is 46.1 Å². The lowest BCUT2D eigenvalue weighted by molar-refractivity contribution is -0.165. The number of fused-ring (bicyclic) bond motifs is 3. The monoisotopic (exact) mass is 457 g/mol. The van der Waals surface area contributed by atoms with Crippen molar-refractivity contribution in [3.8, 4) is 0 Å². The predicted octanol–water partition coefficient (Wildman–Crippen LogP) is 3.93. The molecule has 1 saturated heterocycles. The Bertz CT molecular complexity index is 965. The van der Waals surface area contributed by atoms with Gasteiger partial charge in [0.15, 0.2) is 0 Å². The van der Waals surface area contributed by atoms with Crippen molar-refractivity contribution in [2.75, 3.05) is 5.32 Å². The molecule has 4 rings (SSSR count). The van der Waals surface area contributed by atoms with Crippen LogP contribution in [0.1, 0.15) is 87.6 Å². The standard InChI is InChI=1S/C26H40BNO5/c1-21(2,3)31-20(29)17-13-14-26(30)22(4,5)28-19-12-11-16(15-18(19)25(17,26)10)27-32-23(6,7)24(8,9)33-27/h11-12,15,17,28,30H,13-14H2,1-10H3. The molecule has 1 aliphatic carbocycles. The first-order valence-electron chi connectivity index (χ1n) is 12.1. The van der Waals surface area contributed by atoms with Gasteiger partial charge in [-0.2, -0.15) is 0 Å². The van der Waals surface area contributed by atoms with Crippen LogP contribution in [0.4, 0.5) is 5.69 Å². The molecule has 1 aromatic carbocycles. The van der Waals surface area contributed by atoms with E-state index in [0.29, 0.717) is 12.8 Å². The Morgan fingerprint density at radius 3 is 2.21 bits per heavy atom. The first-order chi connectivity index (χ1) is 14.8. The van der Waals surface area contributed by atoms with Gasteiger partial charge in [0.2, 0.25) is 0 Å². The van der Waals surface area contributed by atoms with Gasteiger partial charge in [-0.15, -0.1) is 0 Å². The highest BCUT2D eigenvalue weighted by atomic mass is 16.7. The third-order valence-corrected chi connectivity index (χ3v) is 8.65. The van der Waals surface area contributed by atoms with Gasteiger partial charge in [0.25, 0.3) is 0 Å². The molecule has 1 aromatic rings. The molecule has 2 N–H and O–H groups in total. The molecule has 0 aromatic heterocycles. The Hall–Kier alpha value is -1.57. The molecule has 2 aliphatic heterocycles. The van der Waals surface area contributed by atoms with Crippen molar-refractivity contribution >= 4 is 24.2 Å². The van der Waals surface area contributed by atoms with Crippen LogP contribution >= 0.6 is 0 Å². The van der Waals surface area contributed by atoms with Gasteiger partial charge in [-0.05, 0) is 92.2 Å². The minimum Gasteiger partial charge on any atom is -0.460 e. The average molecular weight is 457 g/mol. The first-order valence-corrected chi connectivity index (χ1v) is 12.1. The van der Waals surface area contributed by atoms with E-state index < -0.39 is 46.4 Å². The zero-order chi connectivity index (χ0) is 24.8. The third-order valence-electron chi connectivity index (χ3n) is 8.65. The largest absolute Gasteiger partial charge is 0.494 e. The Labute approximate surface area is 198 Å². The van der Waals surface area contributed by atoms with Gasteiger partial charge in [-0.1, -0.05) is 19.1 Å². The molecule has 2 fully saturated rings. The van der Waals surface area contributed by atoms with E-state index in [4.69, 9.17) is 14.0 Å². The molecule has 1 saturated carbocycles. The summed E-state index contributed by atoms with van der Waals surface area (Å²) < 4.78 is 18.4. The van der Waals surface area contributed by atoms with Crippen molar-refractivity contribution < 1.29 is 23.9 Å². The smallest absolute Gasteiger partial charge is 0.460 e. The van der Waals surface area contributed by atoms with Crippen LogP contribution in [0.5, 0.6) is 0 Å². The van der Waals surface area contributed by atoms with Gasteiger partial charge in [-0.25, -0.2) is 0 Å². The fourth-order valence-corrected chi connectivity index (χ4v) is 5.95. The number of ether oxygens (including phenoxy) is 1. The van der Waals surface area contributed by atoms with Crippen LogP contribution in [0.25, 0.3) is 0 Å². The summed E-state index contributed by atoms with van der Waals surface area (Å²) in [5.74, 6) is -0.721. The van der Waals surface area contributed by atoms with E-state index in [-0.39, 0.29) is 5.97 Å². The Morgan fingerprint density at radius 1 is 1.09 bits per heavy atom. The second kappa shape index (κ2) is 6.99. The molecule has 6 nitrogen and oxygen atoms in total. The summed E-state index contributed by atoms with van der Waals surface area (Å²) >= 11 is 0. The van der Waals surface area contributed by atoms with E-state index in [1.807, 2.05) is 87.4 Å². The van der Waals surface area contributed by atoms with Crippen molar-refractivity contribution in [3.05, 3.63) is 23.8 Å². The highest BCUT2D eigenvalue weighted by Crippen LogP contribution is 2.61. The number of nitrogens with one attached hydrogen (secondary N) is 1. The van der Waals surface area contributed by atoms with Gasteiger partial charge in [-0.3, -0.25) is 4.79 Å². The Balaban J connectivity index is 1.82. The lowest BCUT2D eigenvalue weighted by atomic mass is 9.56. The first kappa shape index (κ1) is 24.6. The number of hydrogen-bond donors (Lipinski definition) is 2. The zero-order valence-electron chi connectivity index (χ0n) is 21.9. The second-order valence-corrected chi connectivity index (χ2v) is 12.8. The molecule has 0 amide bonds. The minimum absolute atomic E-state index is 0.259. The number of esters is 1. The summed E-state index contributed by atoms with van der Waals surface area (Å²) in [5, 5.41) is 15.7. The van der Waals surface area contributed by atoms with E-state index in [1.54, 1.807) is 0 Å². The maximum atomic E-state index is 13.4. The number of carbonyl (C=O) groups excluding carboxylic acids is 1. The van der Waals surface area contributed by atoms with Crippen LogP contribution < -0.4 is 10.8 Å². The number of aliphatic hydroxyl groups is 1. The molecule has 7 heteroatoms. The van der Waals surface area contributed by atoms with Crippen LogP contribution in [0.2, 0.25) is 0 Å². The predicted molar refractivity (Wildman–Crippen MR) is 131 cm³/mol. The lowest BCUT2D eigenvalue weighted by Gasteiger charge is -2.56. The van der Waals surface area contributed by atoms with Gasteiger partial charge in [0.05, 0.1) is 28.3 Å². The average Bonchev–Trinajstić information content (AvgIpc) is 3.04. The van der Waals surface area contributed by atoms with Crippen molar-refractivity contribution in [2.24, 2.45) is 5.92 Å². The quantitative estimate of drug-likeness (QED) is 0.518. The number of benzene rings is 1. The van der Waals surface area contributed by atoms with E-state index in [9.17, 15) is 9.90 Å². The van der Waals surface area contributed by atoms with E-state index in [1.165, 1.54) is 0 Å². The van der Waals surface area contributed by atoms with Gasteiger partial charge in [0, 0.05) is 11.1 Å². The Kier molecular flexibility index (Phi) is 5.20. The highest BCUT2D eigenvalue weighted by molar-refractivity contribution is 6.62. The molecule has 3 unspecified atom stereocenters. The van der Waals surface area contributed by atoms with Crippen LogP contribution in [0.3, 0.4) is 0 Å².